The molecule has 0 heterocycles. The number of thioether (sulfide) groups is 1. The van der Waals surface area contributed by atoms with E-state index >= 15 is 0 Å². The molecule has 0 aliphatic rings. The topological polar surface area (TPSA) is 37.3 Å². The summed E-state index contributed by atoms with van der Waals surface area (Å²) in [6.45, 7) is 2.14. The minimum absolute atomic E-state index is 0.330. The molecule has 0 saturated carbocycles. The van der Waals surface area contributed by atoms with Crippen molar-refractivity contribution in [1.82, 2.24) is 0 Å². The summed E-state index contributed by atoms with van der Waals surface area (Å²) in [6, 6.07) is 0. The third-order valence-electron chi connectivity index (χ3n) is 1.38. The SMILES string of the molecule is CCSCCCCCC(=O)O. The van der Waals surface area contributed by atoms with E-state index in [1.54, 1.807) is 0 Å². The van der Waals surface area contributed by atoms with Crippen LogP contribution in [0.2, 0.25) is 0 Å². The van der Waals surface area contributed by atoms with Crippen molar-refractivity contribution in [3.05, 3.63) is 0 Å². The van der Waals surface area contributed by atoms with Crippen LogP contribution in [0.3, 0.4) is 0 Å². The normalized spacial score (nSPS) is 9.91. The Morgan fingerprint density at radius 3 is 2.64 bits per heavy atom. The van der Waals surface area contributed by atoms with Crippen LogP contribution in [0.1, 0.15) is 32.6 Å². The Morgan fingerprint density at radius 2 is 2.09 bits per heavy atom. The molecule has 0 bridgehead atoms. The van der Waals surface area contributed by atoms with Crippen molar-refractivity contribution in [1.29, 1.82) is 0 Å². The van der Waals surface area contributed by atoms with Crippen LogP contribution in [0, 0.1) is 0 Å². The summed E-state index contributed by atoms with van der Waals surface area (Å²) >= 11 is 1.92. The predicted octanol–water partition coefficient (Wildman–Crippen LogP) is 2.38. The van der Waals surface area contributed by atoms with Gasteiger partial charge < -0.3 is 5.11 Å². The van der Waals surface area contributed by atoms with E-state index in [1.807, 2.05) is 11.8 Å². The van der Waals surface area contributed by atoms with Gasteiger partial charge in [-0.15, -0.1) is 0 Å². The van der Waals surface area contributed by atoms with Crippen molar-refractivity contribution in [2.24, 2.45) is 0 Å². The van der Waals surface area contributed by atoms with Gasteiger partial charge in [-0.2, -0.15) is 11.8 Å². The Morgan fingerprint density at radius 1 is 1.36 bits per heavy atom. The fourth-order valence-electron chi connectivity index (χ4n) is 0.801. The second-order valence-electron chi connectivity index (χ2n) is 2.40. The van der Waals surface area contributed by atoms with E-state index < -0.39 is 5.97 Å². The van der Waals surface area contributed by atoms with Crippen LogP contribution in [0.4, 0.5) is 0 Å². The highest BCUT2D eigenvalue weighted by atomic mass is 32.2. The Balaban J connectivity index is 2.85. The molecule has 66 valence electrons. The Kier molecular flexibility index (Phi) is 7.79. The Bertz CT molecular complexity index is 104. The molecular weight excluding hydrogens is 160 g/mol. The molecule has 0 aromatic carbocycles. The monoisotopic (exact) mass is 176 g/mol. The number of unbranched alkanes of at least 4 members (excludes halogenated alkanes) is 2. The molecule has 2 nitrogen and oxygen atoms in total. The molecule has 0 unspecified atom stereocenters. The van der Waals surface area contributed by atoms with Crippen LogP contribution in [0.5, 0.6) is 0 Å². The van der Waals surface area contributed by atoms with E-state index in [4.69, 9.17) is 5.11 Å². The van der Waals surface area contributed by atoms with Gasteiger partial charge in [0.2, 0.25) is 0 Å². The van der Waals surface area contributed by atoms with Gasteiger partial charge in [-0.05, 0) is 24.3 Å². The average molecular weight is 176 g/mol. The molecule has 3 heteroatoms. The first-order chi connectivity index (χ1) is 5.27. The van der Waals surface area contributed by atoms with Gasteiger partial charge in [0.1, 0.15) is 0 Å². The highest BCUT2D eigenvalue weighted by Crippen LogP contribution is 2.06. The number of hydrogen-bond acceptors (Lipinski definition) is 2. The van der Waals surface area contributed by atoms with E-state index in [0.717, 1.165) is 19.3 Å². The summed E-state index contributed by atoms with van der Waals surface area (Å²) in [5.41, 5.74) is 0. The number of carboxylic acid groups (broad SMARTS) is 1. The minimum atomic E-state index is -0.673. The molecule has 0 saturated heterocycles. The molecule has 0 aliphatic heterocycles. The second-order valence-corrected chi connectivity index (χ2v) is 3.80. The van der Waals surface area contributed by atoms with Crippen LogP contribution in [0.15, 0.2) is 0 Å². The van der Waals surface area contributed by atoms with Gasteiger partial charge in [-0.25, -0.2) is 0 Å². The van der Waals surface area contributed by atoms with Crippen LogP contribution >= 0.6 is 11.8 Å². The average Bonchev–Trinajstić information content (AvgIpc) is 1.96. The number of carbonyl (C=O) groups is 1. The van der Waals surface area contributed by atoms with Crippen LogP contribution in [-0.4, -0.2) is 22.6 Å². The molecule has 0 spiro atoms. The molecule has 0 fully saturated rings. The highest BCUT2D eigenvalue weighted by molar-refractivity contribution is 7.99. The largest absolute Gasteiger partial charge is 0.481 e. The van der Waals surface area contributed by atoms with Crippen molar-refractivity contribution in [2.45, 2.75) is 32.6 Å². The van der Waals surface area contributed by atoms with Crippen molar-refractivity contribution < 1.29 is 9.90 Å². The summed E-state index contributed by atoms with van der Waals surface area (Å²) < 4.78 is 0. The first-order valence-corrected chi connectivity index (χ1v) is 5.22. The van der Waals surface area contributed by atoms with Gasteiger partial charge in [0.15, 0.2) is 0 Å². The fraction of sp³-hybridized carbons (Fsp3) is 0.875. The van der Waals surface area contributed by atoms with Gasteiger partial charge in [-0.3, -0.25) is 4.79 Å². The summed E-state index contributed by atoms with van der Waals surface area (Å²) in [6.07, 6.45) is 3.38. The quantitative estimate of drug-likeness (QED) is 0.605. The van der Waals surface area contributed by atoms with Gasteiger partial charge in [-0.1, -0.05) is 13.3 Å². The lowest BCUT2D eigenvalue weighted by Crippen LogP contribution is -1.93. The maximum atomic E-state index is 10.1. The first-order valence-electron chi connectivity index (χ1n) is 4.07. The lowest BCUT2D eigenvalue weighted by molar-refractivity contribution is -0.137. The van der Waals surface area contributed by atoms with E-state index in [2.05, 4.69) is 6.92 Å². The molecule has 0 radical (unpaired) electrons. The number of rotatable bonds is 7. The zero-order chi connectivity index (χ0) is 8.53. The lowest BCUT2D eigenvalue weighted by Gasteiger charge is -1.97. The molecule has 0 aromatic rings. The highest BCUT2D eigenvalue weighted by Gasteiger charge is 1.95. The predicted molar refractivity (Wildman–Crippen MR) is 49.1 cm³/mol. The van der Waals surface area contributed by atoms with Crippen molar-refractivity contribution in [3.8, 4) is 0 Å². The zero-order valence-electron chi connectivity index (χ0n) is 7.01. The van der Waals surface area contributed by atoms with Gasteiger partial charge in [0.25, 0.3) is 0 Å². The standard InChI is InChI=1S/C8H16O2S/c1-2-11-7-5-3-4-6-8(9)10/h2-7H2,1H3,(H,9,10). The number of hydrogen-bond donors (Lipinski definition) is 1. The molecule has 0 aromatic heterocycles. The molecule has 0 amide bonds. The maximum Gasteiger partial charge on any atom is 0.303 e. The van der Waals surface area contributed by atoms with E-state index in [1.165, 1.54) is 11.5 Å². The number of aliphatic carboxylic acids is 1. The maximum absolute atomic E-state index is 10.1. The van der Waals surface area contributed by atoms with Crippen LogP contribution < -0.4 is 0 Å². The zero-order valence-corrected chi connectivity index (χ0v) is 7.82. The molecule has 0 rings (SSSR count). The van der Waals surface area contributed by atoms with Gasteiger partial charge in [0, 0.05) is 6.42 Å². The van der Waals surface area contributed by atoms with Crippen molar-refractivity contribution >= 4 is 17.7 Å². The number of carboxylic acids is 1. The summed E-state index contributed by atoms with van der Waals surface area (Å²) in [4.78, 5) is 10.1. The van der Waals surface area contributed by atoms with E-state index in [9.17, 15) is 4.79 Å². The van der Waals surface area contributed by atoms with Crippen molar-refractivity contribution in [2.75, 3.05) is 11.5 Å². The van der Waals surface area contributed by atoms with Crippen LogP contribution in [0.25, 0.3) is 0 Å². The molecule has 11 heavy (non-hydrogen) atoms. The molecule has 1 N–H and O–H groups in total. The molecular formula is C8H16O2S. The van der Waals surface area contributed by atoms with Crippen LogP contribution in [-0.2, 0) is 4.79 Å². The second kappa shape index (κ2) is 7.92. The summed E-state index contributed by atoms with van der Waals surface area (Å²) in [5, 5.41) is 8.31. The Hall–Kier alpha value is -0.180. The van der Waals surface area contributed by atoms with Gasteiger partial charge in [0.05, 0.1) is 0 Å². The van der Waals surface area contributed by atoms with E-state index in [0.29, 0.717) is 6.42 Å². The summed E-state index contributed by atoms with van der Waals surface area (Å²) in [5.74, 6) is 1.67. The van der Waals surface area contributed by atoms with Gasteiger partial charge >= 0.3 is 5.97 Å². The third-order valence-corrected chi connectivity index (χ3v) is 2.37. The van der Waals surface area contributed by atoms with E-state index in [-0.39, 0.29) is 0 Å². The first kappa shape index (κ1) is 10.8. The fourth-order valence-corrected chi connectivity index (χ4v) is 1.50. The molecule has 0 atom stereocenters. The molecule has 0 aliphatic carbocycles. The lowest BCUT2D eigenvalue weighted by atomic mass is 10.2. The third kappa shape index (κ3) is 9.82. The van der Waals surface area contributed by atoms with Crippen molar-refractivity contribution in [3.63, 3.8) is 0 Å². The minimum Gasteiger partial charge on any atom is -0.481 e. The Labute approximate surface area is 72.4 Å². The summed E-state index contributed by atoms with van der Waals surface area (Å²) in [7, 11) is 0. The smallest absolute Gasteiger partial charge is 0.303 e.